The van der Waals surface area contributed by atoms with Crippen molar-refractivity contribution in [3.63, 3.8) is 0 Å². The van der Waals surface area contributed by atoms with Crippen LogP contribution in [-0.4, -0.2) is 57.4 Å². The predicted octanol–water partition coefficient (Wildman–Crippen LogP) is 2.15. The van der Waals surface area contributed by atoms with E-state index in [9.17, 15) is 4.79 Å². The first-order chi connectivity index (χ1) is 9.49. The number of halogens is 1. The molecule has 0 fully saturated rings. The van der Waals surface area contributed by atoms with Crippen molar-refractivity contribution in [3.8, 4) is 17.2 Å². The van der Waals surface area contributed by atoms with Gasteiger partial charge in [-0.3, -0.25) is 0 Å². The second kappa shape index (κ2) is 9.31. The topological polar surface area (TPSA) is 68.2 Å². The monoisotopic (exact) mass is 319 g/mol. The van der Waals surface area contributed by atoms with E-state index in [0.717, 1.165) is 13.0 Å². The fourth-order valence-corrected chi connectivity index (χ4v) is 1.70. The molecule has 120 valence electrons. The van der Waals surface area contributed by atoms with Crippen LogP contribution in [0.25, 0.3) is 0 Å². The molecule has 0 aliphatic carbocycles. The lowest BCUT2D eigenvalue weighted by atomic mass is 10.2. The number of ether oxygens (including phenoxy) is 3. The smallest absolute Gasteiger partial charge is 0.335 e. The molecule has 7 heteroatoms. The Kier molecular flexibility index (Phi) is 8.57. The highest BCUT2D eigenvalue weighted by Gasteiger charge is 2.17. The highest BCUT2D eigenvalue weighted by molar-refractivity contribution is 5.89. The van der Waals surface area contributed by atoms with Crippen LogP contribution in [0.5, 0.6) is 17.2 Å². The maximum absolute atomic E-state index is 11.0. The minimum atomic E-state index is -1.04. The Morgan fingerprint density at radius 2 is 1.71 bits per heavy atom. The maximum atomic E-state index is 11.0. The minimum absolute atomic E-state index is 0. The van der Waals surface area contributed by atoms with Crippen molar-refractivity contribution in [2.75, 3.05) is 41.5 Å². The summed E-state index contributed by atoms with van der Waals surface area (Å²) in [6, 6.07) is 2.85. The Balaban J connectivity index is 0.00000400. The molecule has 0 saturated carbocycles. The van der Waals surface area contributed by atoms with Gasteiger partial charge in [-0.05, 0) is 32.6 Å². The number of hydrogen-bond acceptors (Lipinski definition) is 5. The number of benzene rings is 1. The maximum Gasteiger partial charge on any atom is 0.335 e. The summed E-state index contributed by atoms with van der Waals surface area (Å²) in [5, 5.41) is 9.03. The summed E-state index contributed by atoms with van der Waals surface area (Å²) in [4.78, 5) is 13.1. The first-order valence-corrected chi connectivity index (χ1v) is 6.26. The molecule has 1 aromatic carbocycles. The molecule has 0 spiro atoms. The summed E-state index contributed by atoms with van der Waals surface area (Å²) in [7, 11) is 6.91. The molecule has 1 aromatic rings. The largest absolute Gasteiger partial charge is 0.493 e. The van der Waals surface area contributed by atoms with Gasteiger partial charge in [-0.1, -0.05) is 0 Å². The SMILES string of the molecule is COc1cc(C(=O)O)cc(OC)c1OCCCN(C)C.Cl. The lowest BCUT2D eigenvalue weighted by Gasteiger charge is -2.16. The van der Waals surface area contributed by atoms with Crippen molar-refractivity contribution in [2.24, 2.45) is 0 Å². The van der Waals surface area contributed by atoms with Gasteiger partial charge in [-0.25, -0.2) is 4.79 Å². The van der Waals surface area contributed by atoms with Crippen LogP contribution >= 0.6 is 12.4 Å². The molecular formula is C14H22ClNO5. The van der Waals surface area contributed by atoms with Gasteiger partial charge in [-0.2, -0.15) is 0 Å². The van der Waals surface area contributed by atoms with Gasteiger partial charge in [0.05, 0.1) is 26.4 Å². The van der Waals surface area contributed by atoms with Crippen LogP contribution in [0.4, 0.5) is 0 Å². The third-order valence-corrected chi connectivity index (χ3v) is 2.70. The van der Waals surface area contributed by atoms with Crippen molar-refractivity contribution < 1.29 is 24.1 Å². The standard InChI is InChI=1S/C14H21NO5.ClH/c1-15(2)6-5-7-20-13-11(18-3)8-10(14(16)17)9-12(13)19-4;/h8-9H,5-7H2,1-4H3,(H,16,17);1H. The molecule has 0 atom stereocenters. The van der Waals surface area contributed by atoms with Crippen LogP contribution in [-0.2, 0) is 0 Å². The van der Waals surface area contributed by atoms with Gasteiger partial charge in [-0.15, -0.1) is 12.4 Å². The van der Waals surface area contributed by atoms with Crippen molar-refractivity contribution in [1.29, 1.82) is 0 Å². The van der Waals surface area contributed by atoms with Gasteiger partial charge in [0.25, 0.3) is 0 Å². The number of carboxylic acids is 1. The van der Waals surface area contributed by atoms with Gasteiger partial charge in [0.2, 0.25) is 5.75 Å². The number of rotatable bonds is 8. The summed E-state index contributed by atoms with van der Waals surface area (Å²) in [6.45, 7) is 1.40. The Morgan fingerprint density at radius 3 is 2.10 bits per heavy atom. The zero-order valence-electron chi connectivity index (χ0n) is 12.7. The van der Waals surface area contributed by atoms with Gasteiger partial charge < -0.3 is 24.2 Å². The number of carbonyl (C=O) groups is 1. The average Bonchev–Trinajstić information content (AvgIpc) is 2.42. The van der Waals surface area contributed by atoms with E-state index in [0.29, 0.717) is 23.9 Å². The minimum Gasteiger partial charge on any atom is -0.493 e. The van der Waals surface area contributed by atoms with Gasteiger partial charge in [0.1, 0.15) is 0 Å². The second-order valence-electron chi connectivity index (χ2n) is 4.52. The zero-order chi connectivity index (χ0) is 15.1. The number of carboxylic acid groups (broad SMARTS) is 1. The van der Waals surface area contributed by atoms with E-state index in [2.05, 4.69) is 4.90 Å². The molecule has 0 radical (unpaired) electrons. The molecule has 0 unspecified atom stereocenters. The first-order valence-electron chi connectivity index (χ1n) is 6.26. The summed E-state index contributed by atoms with van der Waals surface area (Å²) in [6.07, 6.45) is 0.847. The van der Waals surface area contributed by atoms with E-state index in [-0.39, 0.29) is 18.0 Å². The third kappa shape index (κ3) is 5.69. The lowest BCUT2D eigenvalue weighted by Crippen LogP contribution is -2.15. The van der Waals surface area contributed by atoms with Crippen LogP contribution in [0, 0.1) is 0 Å². The number of nitrogens with zero attached hydrogens (tertiary/aromatic N) is 1. The van der Waals surface area contributed by atoms with Crippen molar-refractivity contribution >= 4 is 18.4 Å². The number of methoxy groups -OCH3 is 2. The Hall–Kier alpha value is -1.66. The Bertz CT molecular complexity index is 440. The third-order valence-electron chi connectivity index (χ3n) is 2.70. The quantitative estimate of drug-likeness (QED) is 0.741. The van der Waals surface area contributed by atoms with Crippen LogP contribution in [0.3, 0.4) is 0 Å². The van der Waals surface area contributed by atoms with E-state index in [1.807, 2.05) is 14.1 Å². The highest BCUT2D eigenvalue weighted by atomic mass is 35.5. The normalized spacial score (nSPS) is 9.95. The van der Waals surface area contributed by atoms with Crippen LogP contribution in [0.2, 0.25) is 0 Å². The van der Waals surface area contributed by atoms with Crippen LogP contribution in [0.1, 0.15) is 16.8 Å². The molecule has 0 bridgehead atoms. The molecule has 0 aromatic heterocycles. The molecule has 1 rings (SSSR count). The molecular weight excluding hydrogens is 298 g/mol. The van der Waals surface area contributed by atoms with Crippen LogP contribution in [0.15, 0.2) is 12.1 Å². The molecule has 1 N–H and O–H groups in total. The summed E-state index contributed by atoms with van der Waals surface area (Å²) >= 11 is 0. The van der Waals surface area contributed by atoms with Gasteiger partial charge in [0.15, 0.2) is 11.5 Å². The van der Waals surface area contributed by atoms with E-state index in [4.69, 9.17) is 19.3 Å². The van der Waals surface area contributed by atoms with E-state index in [1.54, 1.807) is 0 Å². The van der Waals surface area contributed by atoms with Crippen LogP contribution < -0.4 is 14.2 Å². The van der Waals surface area contributed by atoms with Gasteiger partial charge >= 0.3 is 5.97 Å². The summed E-state index contributed by atoms with van der Waals surface area (Å²) < 4.78 is 16.0. The molecule has 6 nitrogen and oxygen atoms in total. The summed E-state index contributed by atoms with van der Waals surface area (Å²) in [5.74, 6) is 0.0951. The molecule has 0 amide bonds. The molecule has 0 aliphatic rings. The van der Waals surface area contributed by atoms with Crippen molar-refractivity contribution in [1.82, 2.24) is 4.90 Å². The lowest BCUT2D eigenvalue weighted by molar-refractivity contribution is 0.0696. The second-order valence-corrected chi connectivity index (χ2v) is 4.52. The van der Waals surface area contributed by atoms with Crippen molar-refractivity contribution in [3.05, 3.63) is 17.7 Å². The zero-order valence-corrected chi connectivity index (χ0v) is 13.5. The van der Waals surface area contributed by atoms with E-state index < -0.39 is 5.97 Å². The highest BCUT2D eigenvalue weighted by Crippen LogP contribution is 2.38. The van der Waals surface area contributed by atoms with E-state index >= 15 is 0 Å². The number of hydrogen-bond donors (Lipinski definition) is 1. The Morgan fingerprint density at radius 1 is 1.19 bits per heavy atom. The summed E-state index contributed by atoms with van der Waals surface area (Å²) in [5.41, 5.74) is 0.0966. The fourth-order valence-electron chi connectivity index (χ4n) is 1.70. The van der Waals surface area contributed by atoms with E-state index in [1.165, 1.54) is 26.4 Å². The first kappa shape index (κ1) is 19.3. The molecule has 21 heavy (non-hydrogen) atoms. The Labute approximate surface area is 131 Å². The molecule has 0 saturated heterocycles. The molecule has 0 aliphatic heterocycles. The predicted molar refractivity (Wildman–Crippen MR) is 82.4 cm³/mol. The fraction of sp³-hybridized carbons (Fsp3) is 0.500. The van der Waals surface area contributed by atoms with Gasteiger partial charge in [0, 0.05) is 6.54 Å². The average molecular weight is 320 g/mol. The number of aromatic carboxylic acids is 1. The molecule has 0 heterocycles. The van der Waals surface area contributed by atoms with Crippen molar-refractivity contribution in [2.45, 2.75) is 6.42 Å².